The Labute approximate surface area is 172 Å². The summed E-state index contributed by atoms with van der Waals surface area (Å²) in [6.07, 6.45) is 0. The number of benzene rings is 2. The second-order valence-electron chi connectivity index (χ2n) is 6.73. The maximum atomic E-state index is 12.7. The van der Waals surface area contributed by atoms with Crippen molar-refractivity contribution in [1.82, 2.24) is 19.8 Å². The first-order chi connectivity index (χ1) is 13.5. The molecule has 1 aromatic heterocycles. The minimum Gasteiger partial charge on any atom is -0.383 e. The lowest BCUT2D eigenvalue weighted by atomic mass is 10.1. The average Bonchev–Trinajstić information content (AvgIpc) is 2.68. The molecule has 28 heavy (non-hydrogen) atoms. The van der Waals surface area contributed by atoms with Gasteiger partial charge in [-0.3, -0.25) is 9.69 Å². The van der Waals surface area contributed by atoms with Crippen LogP contribution in [0.15, 0.2) is 42.5 Å². The maximum absolute atomic E-state index is 12.7. The third kappa shape index (κ3) is 3.90. The predicted octanol–water partition coefficient (Wildman–Crippen LogP) is 3.48. The van der Waals surface area contributed by atoms with Crippen LogP contribution >= 0.6 is 23.2 Å². The number of hydrogen-bond acceptors (Lipinski definition) is 5. The highest BCUT2D eigenvalue weighted by atomic mass is 35.5. The number of anilines is 1. The van der Waals surface area contributed by atoms with Crippen molar-refractivity contribution in [2.24, 2.45) is 0 Å². The highest BCUT2D eigenvalue weighted by Gasteiger charge is 2.24. The van der Waals surface area contributed by atoms with Gasteiger partial charge in [0.05, 0.1) is 22.6 Å². The first-order valence-corrected chi connectivity index (χ1v) is 9.74. The molecule has 144 valence electrons. The summed E-state index contributed by atoms with van der Waals surface area (Å²) in [4.78, 5) is 25.8. The number of fused-ring (bicyclic) bond motifs is 1. The molecule has 1 fully saturated rings. The van der Waals surface area contributed by atoms with Crippen molar-refractivity contribution in [3.05, 3.63) is 63.9 Å². The van der Waals surface area contributed by atoms with Gasteiger partial charge in [-0.1, -0.05) is 35.3 Å². The van der Waals surface area contributed by atoms with E-state index in [1.807, 2.05) is 24.3 Å². The number of nitrogens with zero attached hydrogens (tertiary/aromatic N) is 4. The molecular formula is C20H19Cl2N5O. The van der Waals surface area contributed by atoms with E-state index >= 15 is 0 Å². The average molecular weight is 416 g/mol. The monoisotopic (exact) mass is 415 g/mol. The van der Waals surface area contributed by atoms with Crippen LogP contribution in [-0.4, -0.2) is 51.9 Å². The molecule has 0 saturated carbocycles. The Morgan fingerprint density at radius 3 is 2.54 bits per heavy atom. The standard InChI is InChI=1S/C20H19Cl2N5O/c21-13-5-6-14(16(22)11-13)20(28)27-9-7-26(8-10-27)12-18-24-17-4-2-1-3-15(17)19(23)25-18/h1-6,11H,7-10,12H2,(H2,23,24,25). The van der Waals surface area contributed by atoms with Crippen LogP contribution in [0.1, 0.15) is 16.2 Å². The molecule has 2 N–H and O–H groups in total. The predicted molar refractivity (Wildman–Crippen MR) is 112 cm³/mol. The Morgan fingerprint density at radius 1 is 1.04 bits per heavy atom. The van der Waals surface area contributed by atoms with Gasteiger partial charge < -0.3 is 10.6 Å². The Balaban J connectivity index is 1.41. The van der Waals surface area contributed by atoms with Crippen LogP contribution < -0.4 is 5.73 Å². The molecule has 6 nitrogen and oxygen atoms in total. The van der Waals surface area contributed by atoms with Gasteiger partial charge in [0.2, 0.25) is 0 Å². The molecule has 0 radical (unpaired) electrons. The van der Waals surface area contributed by atoms with Gasteiger partial charge in [-0.15, -0.1) is 0 Å². The lowest BCUT2D eigenvalue weighted by Gasteiger charge is -2.34. The summed E-state index contributed by atoms with van der Waals surface area (Å²) in [7, 11) is 0. The number of nitrogen functional groups attached to an aromatic ring is 1. The number of halogens is 2. The molecule has 1 saturated heterocycles. The first kappa shape index (κ1) is 18.9. The molecule has 1 aliphatic heterocycles. The second-order valence-corrected chi connectivity index (χ2v) is 7.58. The number of amides is 1. The summed E-state index contributed by atoms with van der Waals surface area (Å²) >= 11 is 12.1. The fourth-order valence-electron chi connectivity index (χ4n) is 3.36. The lowest BCUT2D eigenvalue weighted by molar-refractivity contribution is 0.0626. The summed E-state index contributed by atoms with van der Waals surface area (Å²) in [6, 6.07) is 12.7. The van der Waals surface area contributed by atoms with Crippen molar-refractivity contribution < 1.29 is 4.79 Å². The molecule has 2 heterocycles. The molecule has 1 amide bonds. The van der Waals surface area contributed by atoms with Crippen LogP contribution in [0.4, 0.5) is 5.82 Å². The molecule has 3 aromatic rings. The SMILES string of the molecule is Nc1nc(CN2CCN(C(=O)c3ccc(Cl)cc3Cl)CC2)nc2ccccc12. The lowest BCUT2D eigenvalue weighted by Crippen LogP contribution is -2.48. The van der Waals surface area contributed by atoms with Gasteiger partial charge in [-0.25, -0.2) is 9.97 Å². The fourth-order valence-corrected chi connectivity index (χ4v) is 3.85. The Morgan fingerprint density at radius 2 is 1.79 bits per heavy atom. The van der Waals surface area contributed by atoms with E-state index in [1.54, 1.807) is 23.1 Å². The van der Waals surface area contributed by atoms with Crippen LogP contribution in [0, 0.1) is 0 Å². The minimum atomic E-state index is -0.0764. The number of carbonyl (C=O) groups excluding carboxylic acids is 1. The van der Waals surface area contributed by atoms with E-state index in [2.05, 4.69) is 14.9 Å². The molecular weight excluding hydrogens is 397 g/mol. The molecule has 0 aliphatic carbocycles. The molecule has 0 atom stereocenters. The van der Waals surface area contributed by atoms with Gasteiger partial charge in [0.15, 0.2) is 0 Å². The zero-order chi connectivity index (χ0) is 19.7. The van der Waals surface area contributed by atoms with Crippen LogP contribution in [0.2, 0.25) is 10.0 Å². The normalized spacial score (nSPS) is 15.1. The van der Waals surface area contributed by atoms with Gasteiger partial charge >= 0.3 is 0 Å². The van der Waals surface area contributed by atoms with Gasteiger partial charge in [0.25, 0.3) is 5.91 Å². The Kier molecular flexibility index (Phi) is 5.35. The largest absolute Gasteiger partial charge is 0.383 e. The maximum Gasteiger partial charge on any atom is 0.255 e. The van der Waals surface area contributed by atoms with Gasteiger partial charge in [-0.2, -0.15) is 0 Å². The van der Waals surface area contributed by atoms with E-state index in [-0.39, 0.29) is 5.91 Å². The van der Waals surface area contributed by atoms with Gasteiger partial charge in [0, 0.05) is 36.6 Å². The second kappa shape index (κ2) is 7.91. The number of piperazine rings is 1. The Hall–Kier alpha value is -2.41. The van der Waals surface area contributed by atoms with E-state index < -0.39 is 0 Å². The Bertz CT molecular complexity index is 1030. The van der Waals surface area contributed by atoms with Crippen molar-refractivity contribution in [2.45, 2.75) is 6.54 Å². The van der Waals surface area contributed by atoms with E-state index in [9.17, 15) is 4.79 Å². The zero-order valence-corrected chi connectivity index (χ0v) is 16.6. The van der Waals surface area contributed by atoms with Crippen molar-refractivity contribution in [1.29, 1.82) is 0 Å². The van der Waals surface area contributed by atoms with E-state index in [0.717, 1.165) is 24.0 Å². The zero-order valence-electron chi connectivity index (χ0n) is 15.1. The first-order valence-electron chi connectivity index (χ1n) is 8.99. The number of hydrogen-bond donors (Lipinski definition) is 1. The number of aromatic nitrogens is 2. The molecule has 0 bridgehead atoms. The molecule has 4 rings (SSSR count). The quantitative estimate of drug-likeness (QED) is 0.708. The van der Waals surface area contributed by atoms with E-state index in [1.165, 1.54) is 0 Å². The third-order valence-electron chi connectivity index (χ3n) is 4.87. The van der Waals surface area contributed by atoms with Crippen molar-refractivity contribution >= 4 is 45.8 Å². The van der Waals surface area contributed by atoms with Crippen molar-refractivity contribution in [3.8, 4) is 0 Å². The molecule has 0 unspecified atom stereocenters. The fraction of sp³-hybridized carbons (Fsp3) is 0.250. The highest BCUT2D eigenvalue weighted by molar-refractivity contribution is 6.36. The van der Waals surface area contributed by atoms with E-state index in [0.29, 0.717) is 46.9 Å². The highest BCUT2D eigenvalue weighted by Crippen LogP contribution is 2.23. The summed E-state index contributed by atoms with van der Waals surface area (Å²) in [5.74, 6) is 1.11. The van der Waals surface area contributed by atoms with Crippen LogP contribution in [0.3, 0.4) is 0 Å². The van der Waals surface area contributed by atoms with Gasteiger partial charge in [-0.05, 0) is 30.3 Å². The van der Waals surface area contributed by atoms with Crippen LogP contribution in [0.5, 0.6) is 0 Å². The summed E-state index contributed by atoms with van der Waals surface area (Å²) in [6.45, 7) is 3.28. The minimum absolute atomic E-state index is 0.0764. The van der Waals surface area contributed by atoms with E-state index in [4.69, 9.17) is 28.9 Å². The summed E-state index contributed by atoms with van der Waals surface area (Å²) < 4.78 is 0. The smallest absolute Gasteiger partial charge is 0.255 e. The number of carbonyl (C=O) groups is 1. The number of para-hydroxylation sites is 1. The van der Waals surface area contributed by atoms with Crippen LogP contribution in [0.25, 0.3) is 10.9 Å². The third-order valence-corrected chi connectivity index (χ3v) is 5.41. The van der Waals surface area contributed by atoms with Crippen LogP contribution in [-0.2, 0) is 6.54 Å². The van der Waals surface area contributed by atoms with Crippen molar-refractivity contribution in [2.75, 3.05) is 31.9 Å². The van der Waals surface area contributed by atoms with Crippen molar-refractivity contribution in [3.63, 3.8) is 0 Å². The number of nitrogens with two attached hydrogens (primary N) is 1. The number of rotatable bonds is 3. The van der Waals surface area contributed by atoms with Gasteiger partial charge in [0.1, 0.15) is 11.6 Å². The molecule has 1 aliphatic rings. The summed E-state index contributed by atoms with van der Waals surface area (Å²) in [5, 5.41) is 1.75. The topological polar surface area (TPSA) is 75.3 Å². The molecule has 2 aromatic carbocycles. The molecule has 0 spiro atoms. The molecule has 8 heteroatoms. The summed E-state index contributed by atoms with van der Waals surface area (Å²) in [5.41, 5.74) is 7.39.